The molecule has 0 spiro atoms. The van der Waals surface area contributed by atoms with E-state index in [0.29, 0.717) is 12.5 Å². The van der Waals surface area contributed by atoms with Gasteiger partial charge in [0.1, 0.15) is 8.22 Å². The Morgan fingerprint density at radius 1 is 1.08 bits per heavy atom. The summed E-state index contributed by atoms with van der Waals surface area (Å²) in [6.07, 6.45) is 14.9. The fraction of sp³-hybridized carbons (Fsp3) is 0.263. The lowest BCUT2D eigenvalue weighted by atomic mass is 10.1. The molecular weight excluding hydrogens is 317 g/mol. The number of nitrogens with zero attached hydrogens (tertiary/aromatic N) is 3. The van der Waals surface area contributed by atoms with Crippen molar-refractivity contribution in [2.45, 2.75) is 19.9 Å². The van der Waals surface area contributed by atoms with Crippen LogP contribution in [0, 0.1) is 5.92 Å². The monoisotopic (exact) mass is 338 g/mol. The molecule has 124 valence electrons. The van der Waals surface area contributed by atoms with Gasteiger partial charge >= 0.3 is 0 Å². The minimum Gasteiger partial charge on any atom is -0.648 e. The number of hydrogen-bond acceptors (Lipinski definition) is 1. The highest BCUT2D eigenvalue weighted by molar-refractivity contribution is 7.59. The second-order valence-electron chi connectivity index (χ2n) is 6.30. The molecule has 5 heteroatoms. The molecule has 1 fully saturated rings. The van der Waals surface area contributed by atoms with Crippen molar-refractivity contribution in [1.82, 2.24) is 8.68 Å². The molecule has 4 nitrogen and oxygen atoms in total. The molecule has 0 saturated carbocycles. The molecule has 0 radical (unpaired) electrons. The van der Waals surface area contributed by atoms with Crippen LogP contribution in [0.1, 0.15) is 13.8 Å². The number of allylic oxidation sites excluding steroid dienone is 5. The van der Waals surface area contributed by atoms with Crippen molar-refractivity contribution in [3.8, 4) is 0 Å². The average Bonchev–Trinajstić information content (AvgIpc) is 3.37. The summed E-state index contributed by atoms with van der Waals surface area (Å²) in [6, 6.07) is 8.53. The first-order valence-electron chi connectivity index (χ1n) is 8.27. The van der Waals surface area contributed by atoms with Crippen molar-refractivity contribution in [3.05, 3.63) is 89.4 Å². The van der Waals surface area contributed by atoms with E-state index in [2.05, 4.69) is 89.8 Å². The predicted octanol–water partition coefficient (Wildman–Crippen LogP) is 5.09. The van der Waals surface area contributed by atoms with Crippen molar-refractivity contribution in [2.24, 2.45) is 5.92 Å². The number of ether oxygens (including phenoxy) is 1. The second-order valence-corrected chi connectivity index (χ2v) is 8.28. The third-order valence-corrected chi connectivity index (χ3v) is 6.53. The van der Waals surface area contributed by atoms with Crippen molar-refractivity contribution in [1.29, 1.82) is 0 Å². The summed E-state index contributed by atoms with van der Waals surface area (Å²) < 4.78 is 10.5. The summed E-state index contributed by atoms with van der Waals surface area (Å²) in [5.41, 5.74) is 1.12. The third kappa shape index (κ3) is 2.71. The number of rotatable bonds is 4. The lowest BCUT2D eigenvalue weighted by Gasteiger charge is -2.28. The molecule has 2 aromatic heterocycles. The first-order valence-corrected chi connectivity index (χ1v) is 9.52. The average molecular weight is 338 g/mol. The summed E-state index contributed by atoms with van der Waals surface area (Å²) in [5, 5.41) is 6.09. The highest BCUT2D eigenvalue weighted by atomic mass is 31.1. The summed E-state index contributed by atoms with van der Waals surface area (Å²) >= 11 is 0. The van der Waals surface area contributed by atoms with Crippen LogP contribution in [0.3, 0.4) is 0 Å². The Kier molecular flexibility index (Phi) is 4.07. The summed E-state index contributed by atoms with van der Waals surface area (Å²) in [5.74, 6) is 1.29. The topological polar surface area (TPSA) is 33.2 Å². The van der Waals surface area contributed by atoms with Gasteiger partial charge in [-0.15, -0.1) is 0 Å². The molecule has 0 aromatic carbocycles. The van der Waals surface area contributed by atoms with Gasteiger partial charge in [-0.2, -0.15) is 0 Å². The fourth-order valence-electron chi connectivity index (χ4n) is 2.92. The maximum Gasteiger partial charge on any atom is 0.137 e. The van der Waals surface area contributed by atoms with Crippen LogP contribution in [0.5, 0.6) is 0 Å². The first-order chi connectivity index (χ1) is 11.7. The van der Waals surface area contributed by atoms with Crippen LogP contribution in [-0.2, 0) is 4.74 Å². The smallest absolute Gasteiger partial charge is 0.137 e. The van der Waals surface area contributed by atoms with E-state index in [1.165, 1.54) is 5.31 Å². The van der Waals surface area contributed by atoms with E-state index >= 15 is 0 Å². The van der Waals surface area contributed by atoms with Crippen LogP contribution in [0.4, 0.5) is 0 Å². The maximum atomic E-state index is 5.94. The number of hydrogen-bond donors (Lipinski definition) is 0. The molecular formula is C19H21N3OP-. The van der Waals surface area contributed by atoms with Gasteiger partial charge in [0.25, 0.3) is 0 Å². The summed E-state index contributed by atoms with van der Waals surface area (Å²) in [4.78, 5) is 0. The predicted molar refractivity (Wildman–Crippen MR) is 98.8 cm³/mol. The normalized spacial score (nSPS) is 23.0. The fourth-order valence-corrected chi connectivity index (χ4v) is 5.07. The van der Waals surface area contributed by atoms with Crippen molar-refractivity contribution in [3.63, 3.8) is 0 Å². The zero-order chi connectivity index (χ0) is 16.5. The van der Waals surface area contributed by atoms with Gasteiger partial charge in [-0.05, 0) is 24.3 Å². The Morgan fingerprint density at radius 2 is 1.71 bits per heavy atom. The highest BCUT2D eigenvalue weighted by Crippen LogP contribution is 2.54. The molecule has 2 aromatic rings. The van der Waals surface area contributed by atoms with Gasteiger partial charge in [0.05, 0.1) is 6.61 Å². The van der Waals surface area contributed by atoms with Crippen molar-refractivity contribution in [2.75, 3.05) is 6.61 Å². The Morgan fingerprint density at radius 3 is 2.25 bits per heavy atom. The van der Waals surface area contributed by atoms with E-state index in [4.69, 9.17) is 10.1 Å². The maximum absolute atomic E-state index is 5.94. The van der Waals surface area contributed by atoms with Crippen LogP contribution in [0.25, 0.3) is 5.32 Å². The molecule has 1 atom stereocenters. The zero-order valence-corrected chi connectivity index (χ0v) is 14.8. The molecule has 1 aliphatic carbocycles. The zero-order valence-electron chi connectivity index (χ0n) is 13.9. The standard InChI is InChI=1S/C19H21N3OP/c1-15(2)17-14-23-19(20-17)16-8-7-9-18(16)24(21-10-3-4-11-21)22-12-5-6-13-22/h3-13,15,17H,14H2,1-2H3/q-1/t17-/m1/s1. The minimum atomic E-state index is -0.729. The van der Waals surface area contributed by atoms with E-state index < -0.39 is 8.22 Å². The van der Waals surface area contributed by atoms with E-state index in [0.717, 1.165) is 11.5 Å². The van der Waals surface area contributed by atoms with Crippen LogP contribution < -0.4 is 0 Å². The highest BCUT2D eigenvalue weighted by Gasteiger charge is 2.25. The van der Waals surface area contributed by atoms with Gasteiger partial charge in [0.2, 0.25) is 0 Å². The molecule has 0 amide bonds. The largest absolute Gasteiger partial charge is 0.648 e. The van der Waals surface area contributed by atoms with Gasteiger partial charge in [0.15, 0.2) is 0 Å². The third-order valence-electron chi connectivity index (χ3n) is 4.30. The number of aromatic nitrogens is 2. The molecule has 3 heterocycles. The molecule has 1 saturated heterocycles. The Labute approximate surface area is 144 Å². The molecule has 0 unspecified atom stereocenters. The quantitative estimate of drug-likeness (QED) is 0.715. The van der Waals surface area contributed by atoms with Crippen LogP contribution >= 0.6 is 8.22 Å². The van der Waals surface area contributed by atoms with Crippen LogP contribution in [-0.4, -0.2) is 21.3 Å². The summed E-state index contributed by atoms with van der Waals surface area (Å²) in [6.45, 7) is 5.07. The van der Waals surface area contributed by atoms with Gasteiger partial charge in [-0.1, -0.05) is 44.0 Å². The van der Waals surface area contributed by atoms with Gasteiger partial charge in [0, 0.05) is 41.6 Å². The van der Waals surface area contributed by atoms with E-state index in [-0.39, 0.29) is 6.04 Å². The molecule has 4 rings (SSSR count). The minimum absolute atomic E-state index is 0.257. The Hall–Kier alpha value is -2.19. The van der Waals surface area contributed by atoms with Crippen LogP contribution in [0.2, 0.25) is 0 Å². The Balaban J connectivity index is 1.72. The first kappa shape index (κ1) is 15.3. The van der Waals surface area contributed by atoms with Gasteiger partial charge in [-0.3, -0.25) is 0 Å². The van der Waals surface area contributed by atoms with Gasteiger partial charge in [-0.25, -0.2) is 0 Å². The molecule has 2 aliphatic rings. The van der Waals surface area contributed by atoms with E-state index in [1.807, 2.05) is 0 Å². The molecule has 0 bridgehead atoms. The second kappa shape index (κ2) is 6.37. The van der Waals surface area contributed by atoms with Crippen molar-refractivity contribution < 1.29 is 4.74 Å². The summed E-state index contributed by atoms with van der Waals surface area (Å²) in [7, 11) is -0.729. The van der Waals surface area contributed by atoms with Crippen molar-refractivity contribution >= 4 is 8.22 Å². The lowest BCUT2D eigenvalue weighted by molar-refractivity contribution is 0.243. The molecule has 0 N–H and O–H groups in total. The van der Waals surface area contributed by atoms with Gasteiger partial charge < -0.3 is 18.7 Å². The van der Waals surface area contributed by atoms with Crippen LogP contribution in [0.15, 0.2) is 84.1 Å². The molecule has 1 aliphatic heterocycles. The Bertz CT molecular complexity index is 750. The molecule has 24 heavy (non-hydrogen) atoms. The lowest BCUT2D eigenvalue weighted by Crippen LogP contribution is -2.13. The SMILES string of the molecule is CC(C)[C@H]1COC(=C2C=CC=C2P(n2cccc2)n2cccc2)[N-]1. The van der Waals surface area contributed by atoms with E-state index in [1.54, 1.807) is 0 Å². The van der Waals surface area contributed by atoms with E-state index in [9.17, 15) is 0 Å².